The Hall–Kier alpha value is -0.380. The van der Waals surface area contributed by atoms with Crippen LogP contribution >= 0.6 is 15.9 Å². The molecule has 1 aliphatic heterocycles. The van der Waals surface area contributed by atoms with Gasteiger partial charge in [-0.1, -0.05) is 34.1 Å². The van der Waals surface area contributed by atoms with Gasteiger partial charge in [-0.3, -0.25) is 0 Å². The van der Waals surface area contributed by atoms with Crippen molar-refractivity contribution in [2.45, 2.75) is 18.9 Å². The lowest BCUT2D eigenvalue weighted by molar-refractivity contribution is 0.429. The van der Waals surface area contributed by atoms with Crippen LogP contribution in [-0.2, 0) is 0 Å². The third kappa shape index (κ3) is 2.84. The van der Waals surface area contributed by atoms with Crippen LogP contribution in [0.3, 0.4) is 0 Å². The molecule has 88 valence electrons. The van der Waals surface area contributed by atoms with Crippen LogP contribution in [0, 0.1) is 5.92 Å². The normalized spacial score (nSPS) is 22.2. The van der Waals surface area contributed by atoms with Crippen LogP contribution in [0.1, 0.15) is 24.4 Å². The lowest BCUT2D eigenvalue weighted by Crippen LogP contribution is -2.21. The summed E-state index contributed by atoms with van der Waals surface area (Å²) in [6, 6.07) is 8.95. The molecule has 0 spiro atoms. The quantitative estimate of drug-likeness (QED) is 0.888. The monoisotopic (exact) mass is 282 g/mol. The van der Waals surface area contributed by atoms with Crippen molar-refractivity contribution in [1.82, 2.24) is 10.6 Å². The highest BCUT2D eigenvalue weighted by Gasteiger charge is 2.20. The Kier molecular flexibility index (Phi) is 4.38. The maximum Gasteiger partial charge on any atom is 0.0331 e. The van der Waals surface area contributed by atoms with Crippen molar-refractivity contribution in [1.29, 1.82) is 0 Å². The average molecular weight is 283 g/mol. The molecule has 1 aromatic rings. The van der Waals surface area contributed by atoms with E-state index in [1.165, 1.54) is 36.0 Å². The first-order valence-electron chi connectivity index (χ1n) is 5.93. The molecule has 0 amide bonds. The van der Waals surface area contributed by atoms with Crippen molar-refractivity contribution in [3.63, 3.8) is 0 Å². The third-order valence-corrected chi connectivity index (χ3v) is 4.08. The Labute approximate surface area is 106 Å². The van der Waals surface area contributed by atoms with Gasteiger partial charge in [0.25, 0.3) is 0 Å². The molecule has 0 aliphatic carbocycles. The summed E-state index contributed by atoms with van der Waals surface area (Å²) in [6.07, 6.45) is 2.52. The maximum atomic E-state index is 3.63. The van der Waals surface area contributed by atoms with Crippen molar-refractivity contribution in [3.8, 4) is 0 Å². The predicted molar refractivity (Wildman–Crippen MR) is 71.5 cm³/mol. The summed E-state index contributed by atoms with van der Waals surface area (Å²) in [4.78, 5) is 0. The molecule has 0 saturated carbocycles. The Bertz CT molecular complexity index is 334. The number of nitrogens with one attached hydrogen (secondary N) is 2. The SMILES string of the molecule is CNC(CC1CCNC1)c1ccccc1Br. The van der Waals surface area contributed by atoms with E-state index < -0.39 is 0 Å². The molecule has 1 heterocycles. The van der Waals surface area contributed by atoms with Crippen LogP contribution in [0.2, 0.25) is 0 Å². The zero-order valence-corrected chi connectivity index (χ0v) is 11.3. The third-order valence-electron chi connectivity index (χ3n) is 3.36. The van der Waals surface area contributed by atoms with E-state index in [2.05, 4.69) is 50.8 Å². The molecule has 0 bridgehead atoms. The molecular weight excluding hydrogens is 264 g/mol. The van der Waals surface area contributed by atoms with Gasteiger partial charge in [-0.2, -0.15) is 0 Å². The Balaban J connectivity index is 2.06. The molecule has 1 fully saturated rings. The van der Waals surface area contributed by atoms with E-state index >= 15 is 0 Å². The van der Waals surface area contributed by atoms with Crippen molar-refractivity contribution in [2.75, 3.05) is 20.1 Å². The van der Waals surface area contributed by atoms with Gasteiger partial charge < -0.3 is 10.6 Å². The van der Waals surface area contributed by atoms with Crippen molar-refractivity contribution in [2.24, 2.45) is 5.92 Å². The second kappa shape index (κ2) is 5.80. The Morgan fingerprint density at radius 1 is 1.50 bits per heavy atom. The summed E-state index contributed by atoms with van der Waals surface area (Å²) >= 11 is 3.63. The topological polar surface area (TPSA) is 24.1 Å². The summed E-state index contributed by atoms with van der Waals surface area (Å²) in [5.41, 5.74) is 1.37. The zero-order valence-electron chi connectivity index (χ0n) is 9.67. The fourth-order valence-corrected chi connectivity index (χ4v) is 2.97. The summed E-state index contributed by atoms with van der Waals surface area (Å²) < 4.78 is 1.21. The van der Waals surface area contributed by atoms with Gasteiger partial charge in [-0.25, -0.2) is 0 Å². The predicted octanol–water partition coefficient (Wildman–Crippen LogP) is 2.71. The molecule has 1 saturated heterocycles. The smallest absolute Gasteiger partial charge is 0.0331 e. The number of halogens is 1. The van der Waals surface area contributed by atoms with E-state index in [1.807, 2.05) is 7.05 Å². The van der Waals surface area contributed by atoms with E-state index in [-0.39, 0.29) is 0 Å². The first-order chi connectivity index (χ1) is 7.81. The van der Waals surface area contributed by atoms with Gasteiger partial charge >= 0.3 is 0 Å². The van der Waals surface area contributed by atoms with Crippen molar-refractivity contribution in [3.05, 3.63) is 34.3 Å². The number of hydrogen-bond donors (Lipinski definition) is 2. The lowest BCUT2D eigenvalue weighted by Gasteiger charge is -2.21. The van der Waals surface area contributed by atoms with Crippen LogP contribution in [0.4, 0.5) is 0 Å². The fourth-order valence-electron chi connectivity index (χ4n) is 2.41. The molecule has 2 N–H and O–H groups in total. The first kappa shape index (κ1) is 12.1. The molecule has 1 aliphatic rings. The zero-order chi connectivity index (χ0) is 11.4. The summed E-state index contributed by atoms with van der Waals surface area (Å²) in [5, 5.41) is 6.86. The standard InChI is InChI=1S/C13H19BrN2/c1-15-13(8-10-6-7-16-9-10)11-4-2-3-5-12(11)14/h2-5,10,13,15-16H,6-9H2,1H3. The molecule has 2 unspecified atom stereocenters. The van der Waals surface area contributed by atoms with Crippen LogP contribution in [0.5, 0.6) is 0 Å². The molecule has 0 radical (unpaired) electrons. The second-order valence-electron chi connectivity index (χ2n) is 4.46. The highest BCUT2D eigenvalue weighted by Crippen LogP contribution is 2.29. The van der Waals surface area contributed by atoms with Crippen molar-refractivity contribution < 1.29 is 0 Å². The maximum absolute atomic E-state index is 3.63. The summed E-state index contributed by atoms with van der Waals surface area (Å²) in [5.74, 6) is 0.810. The van der Waals surface area contributed by atoms with Gasteiger partial charge in [0.05, 0.1) is 0 Å². The van der Waals surface area contributed by atoms with Crippen molar-refractivity contribution >= 4 is 15.9 Å². The lowest BCUT2D eigenvalue weighted by atomic mass is 9.94. The van der Waals surface area contributed by atoms with E-state index in [0.717, 1.165) is 5.92 Å². The second-order valence-corrected chi connectivity index (χ2v) is 5.31. The Morgan fingerprint density at radius 3 is 2.94 bits per heavy atom. The Morgan fingerprint density at radius 2 is 2.31 bits per heavy atom. The number of rotatable bonds is 4. The van der Waals surface area contributed by atoms with Crippen LogP contribution in [0.15, 0.2) is 28.7 Å². The van der Waals surface area contributed by atoms with E-state index in [1.54, 1.807) is 0 Å². The molecule has 2 atom stereocenters. The van der Waals surface area contributed by atoms with Crippen LogP contribution < -0.4 is 10.6 Å². The molecule has 2 nitrogen and oxygen atoms in total. The molecule has 2 rings (SSSR count). The molecule has 0 aromatic heterocycles. The van der Waals surface area contributed by atoms with Gasteiger partial charge in [-0.05, 0) is 50.5 Å². The summed E-state index contributed by atoms with van der Waals surface area (Å²) in [7, 11) is 2.05. The van der Waals surface area contributed by atoms with Crippen LogP contribution in [0.25, 0.3) is 0 Å². The van der Waals surface area contributed by atoms with Gasteiger partial charge in [0.15, 0.2) is 0 Å². The van der Waals surface area contributed by atoms with E-state index in [4.69, 9.17) is 0 Å². The summed E-state index contributed by atoms with van der Waals surface area (Å²) in [6.45, 7) is 2.35. The minimum atomic E-state index is 0.459. The molecule has 1 aromatic carbocycles. The van der Waals surface area contributed by atoms with Crippen LogP contribution in [-0.4, -0.2) is 20.1 Å². The number of hydrogen-bond acceptors (Lipinski definition) is 2. The van der Waals surface area contributed by atoms with E-state index in [0.29, 0.717) is 6.04 Å². The van der Waals surface area contributed by atoms with Gasteiger partial charge in [0.2, 0.25) is 0 Å². The molecule has 3 heteroatoms. The van der Waals surface area contributed by atoms with Gasteiger partial charge in [0.1, 0.15) is 0 Å². The molecular formula is C13H19BrN2. The average Bonchev–Trinajstić information content (AvgIpc) is 2.80. The number of benzene rings is 1. The highest BCUT2D eigenvalue weighted by molar-refractivity contribution is 9.10. The fraction of sp³-hybridized carbons (Fsp3) is 0.538. The minimum absolute atomic E-state index is 0.459. The first-order valence-corrected chi connectivity index (χ1v) is 6.73. The highest BCUT2D eigenvalue weighted by atomic mass is 79.9. The minimum Gasteiger partial charge on any atom is -0.316 e. The van der Waals surface area contributed by atoms with Gasteiger partial charge in [0, 0.05) is 10.5 Å². The molecule has 16 heavy (non-hydrogen) atoms. The van der Waals surface area contributed by atoms with E-state index in [9.17, 15) is 0 Å². The largest absolute Gasteiger partial charge is 0.316 e. The van der Waals surface area contributed by atoms with Gasteiger partial charge in [-0.15, -0.1) is 0 Å².